The van der Waals surface area contributed by atoms with Crippen LogP contribution in [0.2, 0.25) is 0 Å². The van der Waals surface area contributed by atoms with Crippen LogP contribution in [-0.2, 0) is 0 Å². The first-order valence-electron chi connectivity index (χ1n) is 7.14. The van der Waals surface area contributed by atoms with Gasteiger partial charge in [0.1, 0.15) is 0 Å². The minimum atomic E-state index is 0.720. The number of aryl methyl sites for hydroxylation is 2. The van der Waals surface area contributed by atoms with Crippen molar-refractivity contribution in [3.05, 3.63) is 10.6 Å². The zero-order valence-electron chi connectivity index (χ0n) is 11.6. The molecule has 18 heavy (non-hydrogen) atoms. The zero-order valence-corrected chi connectivity index (χ0v) is 12.4. The Morgan fingerprint density at radius 2 is 1.94 bits per heavy atom. The van der Waals surface area contributed by atoms with Gasteiger partial charge in [0.05, 0.1) is 5.69 Å². The molecule has 0 aromatic carbocycles. The molecule has 2 fully saturated rings. The van der Waals surface area contributed by atoms with Gasteiger partial charge in [0.25, 0.3) is 0 Å². The summed E-state index contributed by atoms with van der Waals surface area (Å²) in [6.07, 6.45) is 5.29. The van der Waals surface area contributed by atoms with Gasteiger partial charge < -0.3 is 10.2 Å². The van der Waals surface area contributed by atoms with E-state index in [-0.39, 0.29) is 0 Å². The highest BCUT2D eigenvalue weighted by Gasteiger charge is 2.41. The van der Waals surface area contributed by atoms with E-state index in [0.717, 1.165) is 24.7 Å². The molecule has 3 nitrogen and oxygen atoms in total. The summed E-state index contributed by atoms with van der Waals surface area (Å²) in [4.78, 5) is 8.77. The molecule has 2 saturated heterocycles. The predicted molar refractivity (Wildman–Crippen MR) is 77.6 cm³/mol. The molecule has 3 heterocycles. The summed E-state index contributed by atoms with van der Waals surface area (Å²) in [5, 5.41) is 4.90. The van der Waals surface area contributed by atoms with Crippen LogP contribution < -0.4 is 10.2 Å². The normalized spacial score (nSPS) is 31.1. The summed E-state index contributed by atoms with van der Waals surface area (Å²) < 4.78 is 0. The monoisotopic (exact) mass is 265 g/mol. The molecule has 1 aromatic rings. The number of fused-ring (bicyclic) bond motifs is 2. The molecule has 0 radical (unpaired) electrons. The van der Waals surface area contributed by atoms with Crippen molar-refractivity contribution in [3.63, 3.8) is 0 Å². The minimum absolute atomic E-state index is 0.720. The molecule has 3 rings (SSSR count). The summed E-state index contributed by atoms with van der Waals surface area (Å²) in [5.74, 6) is 0. The summed E-state index contributed by atoms with van der Waals surface area (Å²) in [6, 6.07) is 2.17. The summed E-state index contributed by atoms with van der Waals surface area (Å²) in [6.45, 7) is 7.62. The van der Waals surface area contributed by atoms with Crippen LogP contribution >= 0.6 is 11.3 Å². The average molecular weight is 265 g/mol. The van der Waals surface area contributed by atoms with E-state index in [1.807, 2.05) is 11.3 Å². The molecule has 2 aliphatic heterocycles. The Kier molecular flexibility index (Phi) is 3.32. The fourth-order valence-corrected chi connectivity index (χ4v) is 4.56. The molecule has 2 aliphatic rings. The zero-order chi connectivity index (χ0) is 12.7. The SMILES string of the molecule is CCNC1CC2CCC(C1)N2c1nc(C)c(C)s1. The quantitative estimate of drug-likeness (QED) is 0.911. The van der Waals surface area contributed by atoms with Gasteiger partial charge >= 0.3 is 0 Å². The Balaban J connectivity index is 1.79. The second kappa shape index (κ2) is 4.82. The molecule has 0 spiro atoms. The number of nitrogens with zero attached hydrogens (tertiary/aromatic N) is 2. The fraction of sp³-hybridized carbons (Fsp3) is 0.786. The van der Waals surface area contributed by atoms with Crippen LogP contribution in [0.1, 0.15) is 43.2 Å². The fourth-order valence-electron chi connectivity index (χ4n) is 3.51. The molecule has 2 atom stereocenters. The van der Waals surface area contributed by atoms with Crippen LogP contribution in [0.25, 0.3) is 0 Å². The van der Waals surface area contributed by atoms with Gasteiger partial charge in [-0.25, -0.2) is 4.98 Å². The first-order valence-corrected chi connectivity index (χ1v) is 7.96. The van der Waals surface area contributed by atoms with E-state index >= 15 is 0 Å². The molecular weight excluding hydrogens is 242 g/mol. The number of rotatable bonds is 3. The number of piperidine rings is 1. The van der Waals surface area contributed by atoms with Gasteiger partial charge in [0.2, 0.25) is 0 Å². The standard InChI is InChI=1S/C14H23N3S/c1-4-15-11-7-12-5-6-13(8-11)17(12)14-16-9(2)10(3)18-14/h11-13,15H,4-8H2,1-3H3. The van der Waals surface area contributed by atoms with Crippen molar-refractivity contribution in [1.29, 1.82) is 0 Å². The largest absolute Gasteiger partial charge is 0.342 e. The number of hydrogen-bond donors (Lipinski definition) is 1. The van der Waals surface area contributed by atoms with Gasteiger partial charge in [-0.15, -0.1) is 11.3 Å². The lowest BCUT2D eigenvalue weighted by Gasteiger charge is -2.39. The van der Waals surface area contributed by atoms with E-state index in [1.54, 1.807) is 0 Å². The van der Waals surface area contributed by atoms with Gasteiger partial charge in [0, 0.05) is 23.0 Å². The number of hydrogen-bond acceptors (Lipinski definition) is 4. The van der Waals surface area contributed by atoms with E-state index in [1.165, 1.54) is 41.4 Å². The Hall–Kier alpha value is -0.610. The molecule has 100 valence electrons. The molecule has 2 unspecified atom stereocenters. The van der Waals surface area contributed by atoms with E-state index in [2.05, 4.69) is 31.0 Å². The number of anilines is 1. The highest BCUT2D eigenvalue weighted by atomic mass is 32.1. The molecule has 0 amide bonds. The average Bonchev–Trinajstić information content (AvgIpc) is 2.78. The van der Waals surface area contributed by atoms with E-state index in [9.17, 15) is 0 Å². The Morgan fingerprint density at radius 3 is 2.44 bits per heavy atom. The first-order chi connectivity index (χ1) is 8.69. The van der Waals surface area contributed by atoms with E-state index < -0.39 is 0 Å². The third-order valence-corrected chi connectivity index (χ3v) is 5.55. The summed E-state index contributed by atoms with van der Waals surface area (Å²) in [7, 11) is 0. The van der Waals surface area contributed by atoms with E-state index in [0.29, 0.717) is 0 Å². The number of aromatic nitrogens is 1. The molecule has 4 heteroatoms. The van der Waals surface area contributed by atoms with Gasteiger partial charge in [-0.05, 0) is 46.1 Å². The maximum Gasteiger partial charge on any atom is 0.186 e. The second-order valence-corrected chi connectivity index (χ2v) is 6.84. The lowest BCUT2D eigenvalue weighted by Crippen LogP contribution is -2.49. The van der Waals surface area contributed by atoms with Crippen molar-refractivity contribution in [2.45, 2.75) is 64.6 Å². The molecular formula is C14H23N3S. The van der Waals surface area contributed by atoms with Gasteiger partial charge in [-0.2, -0.15) is 0 Å². The predicted octanol–water partition coefficient (Wildman–Crippen LogP) is 2.87. The Labute approximate surface area is 114 Å². The topological polar surface area (TPSA) is 28.2 Å². The van der Waals surface area contributed by atoms with Gasteiger partial charge in [0.15, 0.2) is 5.13 Å². The van der Waals surface area contributed by atoms with Crippen molar-refractivity contribution in [2.75, 3.05) is 11.4 Å². The maximum absolute atomic E-state index is 4.77. The van der Waals surface area contributed by atoms with Gasteiger partial charge in [-0.1, -0.05) is 6.92 Å². The van der Waals surface area contributed by atoms with Crippen molar-refractivity contribution >= 4 is 16.5 Å². The van der Waals surface area contributed by atoms with Crippen molar-refractivity contribution < 1.29 is 0 Å². The van der Waals surface area contributed by atoms with Crippen LogP contribution in [0.15, 0.2) is 0 Å². The van der Waals surface area contributed by atoms with Crippen molar-refractivity contribution in [2.24, 2.45) is 0 Å². The van der Waals surface area contributed by atoms with Crippen molar-refractivity contribution in [3.8, 4) is 0 Å². The van der Waals surface area contributed by atoms with Crippen LogP contribution in [0.4, 0.5) is 5.13 Å². The van der Waals surface area contributed by atoms with Crippen LogP contribution in [0.3, 0.4) is 0 Å². The molecule has 0 aliphatic carbocycles. The Bertz CT molecular complexity index is 395. The summed E-state index contributed by atoms with van der Waals surface area (Å²) in [5.41, 5.74) is 1.21. The lowest BCUT2D eigenvalue weighted by molar-refractivity contribution is 0.361. The number of thiazole rings is 1. The van der Waals surface area contributed by atoms with Crippen LogP contribution in [-0.4, -0.2) is 29.7 Å². The smallest absolute Gasteiger partial charge is 0.186 e. The summed E-state index contributed by atoms with van der Waals surface area (Å²) >= 11 is 1.88. The number of nitrogens with one attached hydrogen (secondary N) is 1. The molecule has 2 bridgehead atoms. The first kappa shape index (κ1) is 12.4. The third-order valence-electron chi connectivity index (χ3n) is 4.46. The highest BCUT2D eigenvalue weighted by molar-refractivity contribution is 7.15. The van der Waals surface area contributed by atoms with Crippen LogP contribution in [0, 0.1) is 13.8 Å². The van der Waals surface area contributed by atoms with E-state index in [4.69, 9.17) is 4.98 Å². The third kappa shape index (κ3) is 2.05. The maximum atomic E-state index is 4.77. The minimum Gasteiger partial charge on any atom is -0.342 e. The molecule has 0 saturated carbocycles. The highest BCUT2D eigenvalue weighted by Crippen LogP contribution is 2.41. The lowest BCUT2D eigenvalue weighted by atomic mass is 9.98. The second-order valence-electron chi connectivity index (χ2n) is 5.66. The Morgan fingerprint density at radius 1 is 1.28 bits per heavy atom. The van der Waals surface area contributed by atoms with Crippen molar-refractivity contribution in [1.82, 2.24) is 10.3 Å². The van der Waals surface area contributed by atoms with Crippen LogP contribution in [0.5, 0.6) is 0 Å². The molecule has 1 N–H and O–H groups in total. The van der Waals surface area contributed by atoms with Gasteiger partial charge in [-0.3, -0.25) is 0 Å². The molecule has 1 aromatic heterocycles.